The highest BCUT2D eigenvalue weighted by Gasteiger charge is 2.36. The molecule has 2 nitrogen and oxygen atoms in total. The lowest BCUT2D eigenvalue weighted by Gasteiger charge is -2.25. The Hall–Kier alpha value is -7.20. The third-order valence-corrected chi connectivity index (χ3v) is 14.6. The van der Waals surface area contributed by atoms with Crippen LogP contribution in [-0.2, 0) is 5.41 Å². The first-order valence-electron chi connectivity index (χ1n) is 21.1. The normalized spacial score (nSPS) is 13.8. The van der Waals surface area contributed by atoms with Crippen molar-refractivity contribution in [2.24, 2.45) is 0 Å². The molecule has 0 fully saturated rings. The fraction of sp³-hybridized carbons (Fsp3) is 0.0690. The monoisotopic (exact) mass is 798 g/mol. The average Bonchev–Trinajstić information content (AvgIpc) is 4.04. The fourth-order valence-electron chi connectivity index (χ4n) is 10.5. The van der Waals surface area contributed by atoms with Gasteiger partial charge in [0.25, 0.3) is 0 Å². The van der Waals surface area contributed by atoms with E-state index in [9.17, 15) is 0 Å². The lowest BCUT2D eigenvalue weighted by atomic mass is 9.78. The lowest BCUT2D eigenvalue weighted by molar-refractivity contribution is 0.659. The van der Waals surface area contributed by atoms with Crippen molar-refractivity contribution in [3.63, 3.8) is 0 Å². The Morgan fingerprint density at radius 3 is 2.07 bits per heavy atom. The van der Waals surface area contributed by atoms with Crippen molar-refractivity contribution in [1.82, 2.24) is 0 Å². The topological polar surface area (TPSA) is 26.3 Å². The van der Waals surface area contributed by atoms with E-state index in [1.165, 1.54) is 64.7 Å². The molecule has 1 aliphatic rings. The molecule has 0 saturated heterocycles. The molecule has 1 aliphatic carbocycles. The van der Waals surface area contributed by atoms with Crippen molar-refractivity contribution >= 4 is 75.4 Å². The zero-order chi connectivity index (χ0) is 40.4. The standard InChI is InChI=1S/C58H38O2S/c1-58(2)47-23-9-6-18-39(47)40-28-26-38(32-48(40)58)53(44-22-13-21-42-41-19-8-11-25-52(41)61-57(42)44)37-17-12-16-35(30-37)36-27-29-50-45(31-36)46-33-51-55(43-20-7-10-24-49(43)59-51)54(56(46)60-50)34-14-4-3-5-15-34/h3-33,53H,1-2H3. The van der Waals surface area contributed by atoms with E-state index in [0.29, 0.717) is 0 Å². The number of benzene rings is 9. The summed E-state index contributed by atoms with van der Waals surface area (Å²) in [5.74, 6) is 0.00908. The smallest absolute Gasteiger partial charge is 0.144 e. The first-order valence-corrected chi connectivity index (χ1v) is 21.9. The Balaban J connectivity index is 1.01. The van der Waals surface area contributed by atoms with E-state index in [1.54, 1.807) is 0 Å². The van der Waals surface area contributed by atoms with Crippen LogP contribution in [0.4, 0.5) is 0 Å². The van der Waals surface area contributed by atoms with Crippen molar-refractivity contribution < 1.29 is 8.83 Å². The first-order chi connectivity index (χ1) is 30.0. The van der Waals surface area contributed by atoms with Gasteiger partial charge in [0, 0.05) is 58.6 Å². The van der Waals surface area contributed by atoms with Crippen LogP contribution >= 0.6 is 11.3 Å². The van der Waals surface area contributed by atoms with E-state index in [1.807, 2.05) is 23.5 Å². The number of fused-ring (bicyclic) bond motifs is 12. The van der Waals surface area contributed by atoms with Gasteiger partial charge in [-0.05, 0) is 86.0 Å². The summed E-state index contributed by atoms with van der Waals surface area (Å²) in [5.41, 5.74) is 17.2. The molecule has 3 heteroatoms. The summed E-state index contributed by atoms with van der Waals surface area (Å²) in [5, 5.41) is 6.93. The van der Waals surface area contributed by atoms with Crippen LogP contribution in [-0.4, -0.2) is 0 Å². The van der Waals surface area contributed by atoms with Gasteiger partial charge in [-0.25, -0.2) is 0 Å². The Morgan fingerprint density at radius 2 is 1.15 bits per heavy atom. The zero-order valence-corrected chi connectivity index (χ0v) is 34.5. The van der Waals surface area contributed by atoms with Gasteiger partial charge in [-0.2, -0.15) is 0 Å². The Kier molecular flexibility index (Phi) is 7.33. The second-order valence-corrected chi connectivity index (χ2v) is 18.2. The molecule has 0 amide bonds. The van der Waals surface area contributed by atoms with Crippen LogP contribution in [0.1, 0.15) is 47.6 Å². The van der Waals surface area contributed by atoms with Gasteiger partial charge >= 0.3 is 0 Å². The Morgan fingerprint density at radius 1 is 0.443 bits per heavy atom. The minimum Gasteiger partial charge on any atom is -0.456 e. The molecule has 3 aromatic heterocycles. The number of rotatable bonds is 5. The quantitative estimate of drug-likeness (QED) is 0.162. The van der Waals surface area contributed by atoms with Gasteiger partial charge in [-0.3, -0.25) is 0 Å². The van der Waals surface area contributed by atoms with Crippen LogP contribution in [0.3, 0.4) is 0 Å². The van der Waals surface area contributed by atoms with Gasteiger partial charge in [0.15, 0.2) is 0 Å². The molecule has 9 aromatic carbocycles. The van der Waals surface area contributed by atoms with Crippen LogP contribution in [0.2, 0.25) is 0 Å². The van der Waals surface area contributed by atoms with Crippen molar-refractivity contribution in [1.29, 1.82) is 0 Å². The van der Waals surface area contributed by atoms with Gasteiger partial charge in [0.1, 0.15) is 22.3 Å². The Labute approximate surface area is 356 Å². The predicted octanol–water partition coefficient (Wildman–Crippen LogP) is 16.7. The van der Waals surface area contributed by atoms with Gasteiger partial charge in [-0.1, -0.05) is 172 Å². The molecule has 1 unspecified atom stereocenters. The summed E-state index contributed by atoms with van der Waals surface area (Å²) in [6.45, 7) is 4.75. The largest absolute Gasteiger partial charge is 0.456 e. The van der Waals surface area contributed by atoms with E-state index in [4.69, 9.17) is 8.83 Å². The zero-order valence-electron chi connectivity index (χ0n) is 33.7. The van der Waals surface area contributed by atoms with Crippen molar-refractivity contribution in [3.05, 3.63) is 216 Å². The SMILES string of the molecule is CC1(C)c2ccccc2-c2ccc(C(c3cccc(-c4ccc5oc6c(-c7ccccc7)c7c(cc6c5c4)oc4ccccc47)c3)c3cccc4c3sc3ccccc34)cc21. The summed E-state index contributed by atoms with van der Waals surface area (Å²) >= 11 is 1.91. The van der Waals surface area contributed by atoms with Crippen molar-refractivity contribution in [2.45, 2.75) is 25.2 Å². The van der Waals surface area contributed by atoms with Crippen molar-refractivity contribution in [3.8, 4) is 33.4 Å². The molecule has 0 N–H and O–H groups in total. The van der Waals surface area contributed by atoms with Crippen LogP contribution in [0.5, 0.6) is 0 Å². The summed E-state index contributed by atoms with van der Waals surface area (Å²) in [7, 11) is 0. The van der Waals surface area contributed by atoms with E-state index in [0.717, 1.165) is 60.6 Å². The summed E-state index contributed by atoms with van der Waals surface area (Å²) in [6.07, 6.45) is 0. The fourth-order valence-corrected chi connectivity index (χ4v) is 11.8. The maximum atomic E-state index is 6.83. The molecule has 3 heterocycles. The third-order valence-electron chi connectivity index (χ3n) is 13.4. The molecular formula is C58H38O2S. The number of hydrogen-bond donors (Lipinski definition) is 0. The van der Waals surface area contributed by atoms with Crippen LogP contribution in [0.15, 0.2) is 197 Å². The molecule has 12 aromatic rings. The summed E-state index contributed by atoms with van der Waals surface area (Å²) in [6, 6.07) is 68.8. The molecule has 0 bridgehead atoms. The maximum absolute atomic E-state index is 6.83. The average molecular weight is 799 g/mol. The first kappa shape index (κ1) is 34.6. The molecule has 0 saturated carbocycles. The van der Waals surface area contributed by atoms with Gasteiger partial charge in [-0.15, -0.1) is 11.3 Å². The molecule has 288 valence electrons. The highest BCUT2D eigenvalue weighted by molar-refractivity contribution is 7.26. The molecular weight excluding hydrogens is 761 g/mol. The lowest BCUT2D eigenvalue weighted by Crippen LogP contribution is -2.15. The van der Waals surface area contributed by atoms with E-state index in [2.05, 4.69) is 190 Å². The highest BCUT2D eigenvalue weighted by Crippen LogP contribution is 2.51. The van der Waals surface area contributed by atoms with Gasteiger partial charge in [0.2, 0.25) is 0 Å². The predicted molar refractivity (Wildman–Crippen MR) is 256 cm³/mol. The summed E-state index contributed by atoms with van der Waals surface area (Å²) in [4.78, 5) is 0. The highest BCUT2D eigenvalue weighted by atomic mass is 32.1. The number of hydrogen-bond acceptors (Lipinski definition) is 3. The minimum atomic E-state index is -0.102. The number of furan rings is 2. The van der Waals surface area contributed by atoms with Gasteiger partial charge in [0.05, 0.1) is 0 Å². The summed E-state index contributed by atoms with van der Waals surface area (Å²) < 4.78 is 16.0. The van der Waals surface area contributed by atoms with Crippen molar-refractivity contribution in [2.75, 3.05) is 0 Å². The molecule has 0 radical (unpaired) electrons. The Bertz CT molecular complexity index is 3750. The molecule has 0 aliphatic heterocycles. The minimum absolute atomic E-state index is 0.00908. The third kappa shape index (κ3) is 5.08. The van der Waals surface area contributed by atoms with Crippen LogP contribution in [0, 0.1) is 0 Å². The van der Waals surface area contributed by atoms with E-state index in [-0.39, 0.29) is 11.3 Å². The second-order valence-electron chi connectivity index (χ2n) is 17.1. The van der Waals surface area contributed by atoms with Crippen LogP contribution < -0.4 is 0 Å². The molecule has 13 rings (SSSR count). The van der Waals surface area contributed by atoms with Gasteiger partial charge < -0.3 is 8.83 Å². The molecule has 61 heavy (non-hydrogen) atoms. The van der Waals surface area contributed by atoms with Crippen LogP contribution in [0.25, 0.3) is 97.4 Å². The van der Waals surface area contributed by atoms with E-state index < -0.39 is 0 Å². The number of thiophene rings is 1. The number of para-hydroxylation sites is 1. The maximum Gasteiger partial charge on any atom is 0.144 e. The van der Waals surface area contributed by atoms with E-state index >= 15 is 0 Å². The molecule has 0 spiro atoms. The second kappa shape index (κ2) is 12.9. The molecule has 1 atom stereocenters.